The van der Waals surface area contributed by atoms with E-state index >= 15 is 0 Å². The maximum Gasteiger partial charge on any atom is 0.165 e. The highest BCUT2D eigenvalue weighted by molar-refractivity contribution is 6.42. The first-order chi connectivity index (χ1) is 17.3. The lowest BCUT2D eigenvalue weighted by molar-refractivity contribution is -0.197. The molecular formula is C29H32Cl2N2O3. The van der Waals surface area contributed by atoms with Gasteiger partial charge in [-0.2, -0.15) is 0 Å². The van der Waals surface area contributed by atoms with Crippen LogP contribution in [0.4, 0.5) is 0 Å². The number of halogens is 2. The van der Waals surface area contributed by atoms with Crippen LogP contribution in [0, 0.1) is 0 Å². The van der Waals surface area contributed by atoms with Gasteiger partial charge in [0.25, 0.3) is 0 Å². The molecule has 0 radical (unpaired) electrons. The minimum Gasteiger partial charge on any atom is -0.504 e. The van der Waals surface area contributed by atoms with E-state index in [0.29, 0.717) is 22.2 Å². The smallest absolute Gasteiger partial charge is 0.165 e. The molecule has 2 heterocycles. The van der Waals surface area contributed by atoms with Gasteiger partial charge in [0.05, 0.1) is 21.1 Å². The first-order valence-corrected chi connectivity index (χ1v) is 13.5. The molecule has 5 atom stereocenters. The van der Waals surface area contributed by atoms with E-state index in [2.05, 4.69) is 35.6 Å². The van der Waals surface area contributed by atoms with E-state index in [0.717, 1.165) is 50.0 Å². The summed E-state index contributed by atoms with van der Waals surface area (Å²) >= 11 is 12.2. The van der Waals surface area contributed by atoms with Crippen molar-refractivity contribution in [2.75, 3.05) is 26.7 Å². The minimum absolute atomic E-state index is 0.0131. The second-order valence-corrected chi connectivity index (χ2v) is 11.6. The number of piperidine rings is 1. The second-order valence-electron chi connectivity index (χ2n) is 10.8. The van der Waals surface area contributed by atoms with E-state index < -0.39 is 11.0 Å². The van der Waals surface area contributed by atoms with Crippen molar-refractivity contribution in [2.45, 2.75) is 54.9 Å². The molecule has 2 bridgehead atoms. The van der Waals surface area contributed by atoms with Crippen LogP contribution < -0.4 is 4.74 Å². The normalized spacial score (nSPS) is 32.5. The number of rotatable bonds is 6. The summed E-state index contributed by atoms with van der Waals surface area (Å²) in [6.45, 7) is 6.31. The van der Waals surface area contributed by atoms with E-state index in [4.69, 9.17) is 27.9 Å². The number of hydrogen-bond donors (Lipinski definition) is 2. The number of aromatic hydroxyl groups is 1. The summed E-state index contributed by atoms with van der Waals surface area (Å²) in [5.74, 6) is 0.756. The molecule has 2 aliphatic carbocycles. The van der Waals surface area contributed by atoms with Gasteiger partial charge in [-0.3, -0.25) is 9.80 Å². The number of phenolic OH excluding ortho intramolecular Hbond substituents is 1. The van der Waals surface area contributed by atoms with Crippen molar-refractivity contribution in [3.63, 3.8) is 0 Å². The van der Waals surface area contributed by atoms with Crippen LogP contribution >= 0.6 is 23.2 Å². The fourth-order valence-electron chi connectivity index (χ4n) is 7.55. The standard InChI is InChI=1S/C29H32Cl2N2O3/c1-3-13-33-15-12-28-25-19-7-9-23(34)26(25)36-27(28)22(10-11-29(28,35)24(33)17-19)32(2)14-4-5-18-6-8-20(30)21(31)16-18/h3-9,16,22,24,27,34-35H,1,10-15,17H2,2H3/b5-4+/t22?,24-,27?,28+,29-/m1/s1. The minimum atomic E-state index is -0.905. The van der Waals surface area contributed by atoms with Crippen LogP contribution in [0.3, 0.4) is 0 Å². The second kappa shape index (κ2) is 8.78. The Hall–Kier alpha value is -2.02. The lowest BCUT2D eigenvalue weighted by atomic mass is 9.48. The maximum atomic E-state index is 12.5. The summed E-state index contributed by atoms with van der Waals surface area (Å²) in [7, 11) is 2.12. The summed E-state index contributed by atoms with van der Waals surface area (Å²) in [5, 5.41) is 24.4. The topological polar surface area (TPSA) is 56.2 Å². The van der Waals surface area contributed by atoms with Crippen LogP contribution in [-0.4, -0.2) is 70.5 Å². The molecular weight excluding hydrogens is 495 g/mol. The largest absolute Gasteiger partial charge is 0.504 e. The summed E-state index contributed by atoms with van der Waals surface area (Å²) in [6.07, 6.45) is 8.96. The van der Waals surface area contributed by atoms with Crippen molar-refractivity contribution >= 4 is 29.3 Å². The molecule has 7 heteroatoms. The van der Waals surface area contributed by atoms with Gasteiger partial charge >= 0.3 is 0 Å². The summed E-state index contributed by atoms with van der Waals surface area (Å²) in [6, 6.07) is 9.51. The van der Waals surface area contributed by atoms with E-state index in [1.165, 1.54) is 5.56 Å². The number of likely N-dealkylation sites (N-methyl/N-ethyl adjacent to an activating group) is 1. The van der Waals surface area contributed by atoms with Crippen LogP contribution in [0.1, 0.15) is 36.0 Å². The molecule has 190 valence electrons. The highest BCUT2D eigenvalue weighted by Gasteiger charge is 2.73. The van der Waals surface area contributed by atoms with E-state index in [1.807, 2.05) is 24.3 Å². The highest BCUT2D eigenvalue weighted by Crippen LogP contribution is 2.65. The third-order valence-electron chi connectivity index (χ3n) is 9.12. The molecule has 2 N–H and O–H groups in total. The van der Waals surface area contributed by atoms with Crippen LogP contribution in [0.5, 0.6) is 11.5 Å². The molecule has 2 aromatic rings. The van der Waals surface area contributed by atoms with Gasteiger partial charge in [0.2, 0.25) is 0 Å². The first kappa shape index (κ1) is 24.3. The predicted octanol–water partition coefficient (Wildman–Crippen LogP) is 5.05. The molecule has 6 rings (SSSR count). The SMILES string of the molecule is C=CCN1CC[C@]23c4c5ccc(O)c4OC2C(N(C)C/C=C/c2ccc(Cl)c(Cl)c2)CC[C@@]3(O)[C@H]1C5. The molecule has 4 aliphatic rings. The van der Waals surface area contributed by atoms with Crippen molar-refractivity contribution in [1.29, 1.82) is 0 Å². The lowest BCUT2D eigenvalue weighted by Gasteiger charge is -2.64. The number of phenols is 1. The monoisotopic (exact) mass is 526 g/mol. The Balaban J connectivity index is 1.33. The van der Waals surface area contributed by atoms with E-state index in [-0.39, 0.29) is 23.9 Å². The third-order valence-corrected chi connectivity index (χ3v) is 9.86. The third kappa shape index (κ3) is 3.33. The molecule has 1 saturated carbocycles. The summed E-state index contributed by atoms with van der Waals surface area (Å²) in [4.78, 5) is 4.70. The predicted molar refractivity (Wildman–Crippen MR) is 144 cm³/mol. The number of ether oxygens (including phenoxy) is 1. The molecule has 2 aromatic carbocycles. The van der Waals surface area contributed by atoms with Gasteiger partial charge in [0.1, 0.15) is 6.10 Å². The summed E-state index contributed by atoms with van der Waals surface area (Å²) in [5.41, 5.74) is 1.81. The van der Waals surface area contributed by atoms with Crippen LogP contribution in [0.15, 0.2) is 49.1 Å². The van der Waals surface area contributed by atoms with Crippen molar-refractivity contribution in [3.05, 3.63) is 75.8 Å². The van der Waals surface area contributed by atoms with Crippen LogP contribution in [0.25, 0.3) is 6.08 Å². The molecule has 0 aromatic heterocycles. The Morgan fingerprint density at radius 2 is 2.06 bits per heavy atom. The Labute approximate surface area is 222 Å². The average molecular weight is 527 g/mol. The Morgan fingerprint density at radius 3 is 2.83 bits per heavy atom. The van der Waals surface area contributed by atoms with Gasteiger partial charge < -0.3 is 14.9 Å². The van der Waals surface area contributed by atoms with Crippen molar-refractivity contribution < 1.29 is 14.9 Å². The van der Waals surface area contributed by atoms with Gasteiger partial charge in [0, 0.05) is 30.7 Å². The fraction of sp³-hybridized carbons (Fsp3) is 0.448. The fourth-order valence-corrected chi connectivity index (χ4v) is 7.85. The van der Waals surface area contributed by atoms with Gasteiger partial charge in [-0.25, -0.2) is 0 Å². The van der Waals surface area contributed by atoms with Gasteiger partial charge in [-0.1, -0.05) is 53.6 Å². The van der Waals surface area contributed by atoms with Gasteiger partial charge in [0.15, 0.2) is 11.5 Å². The average Bonchev–Trinajstić information content (AvgIpc) is 3.20. The molecule has 5 nitrogen and oxygen atoms in total. The molecule has 2 aliphatic heterocycles. The van der Waals surface area contributed by atoms with Crippen LogP contribution in [-0.2, 0) is 11.8 Å². The van der Waals surface area contributed by atoms with Crippen molar-refractivity contribution in [1.82, 2.24) is 9.80 Å². The first-order valence-electron chi connectivity index (χ1n) is 12.7. The number of benzene rings is 2. The number of aliphatic hydroxyl groups is 1. The Bertz CT molecular complexity index is 1250. The Morgan fingerprint density at radius 1 is 1.22 bits per heavy atom. The molecule has 1 saturated heterocycles. The zero-order valence-corrected chi connectivity index (χ0v) is 22.0. The van der Waals surface area contributed by atoms with Gasteiger partial charge in [-0.05, 0) is 68.6 Å². The zero-order valence-electron chi connectivity index (χ0n) is 20.5. The summed E-state index contributed by atoms with van der Waals surface area (Å²) < 4.78 is 6.65. The molecule has 36 heavy (non-hydrogen) atoms. The van der Waals surface area contributed by atoms with E-state index in [1.54, 1.807) is 12.1 Å². The highest BCUT2D eigenvalue weighted by atomic mass is 35.5. The van der Waals surface area contributed by atoms with Crippen molar-refractivity contribution in [2.24, 2.45) is 0 Å². The quantitative estimate of drug-likeness (QED) is 0.515. The maximum absolute atomic E-state index is 12.5. The number of hydrogen-bond acceptors (Lipinski definition) is 5. The molecule has 2 unspecified atom stereocenters. The van der Waals surface area contributed by atoms with Gasteiger partial charge in [-0.15, -0.1) is 6.58 Å². The van der Waals surface area contributed by atoms with Crippen molar-refractivity contribution in [3.8, 4) is 11.5 Å². The zero-order chi connectivity index (χ0) is 25.2. The number of likely N-dealkylation sites (tertiary alicyclic amines) is 1. The molecule has 2 fully saturated rings. The number of nitrogens with zero attached hydrogens (tertiary/aromatic N) is 2. The molecule has 1 spiro atoms. The van der Waals surface area contributed by atoms with Crippen LogP contribution in [0.2, 0.25) is 10.0 Å². The Kier molecular flexibility index (Phi) is 5.93. The lowest BCUT2D eigenvalue weighted by Crippen LogP contribution is -2.78. The molecule has 0 amide bonds. The van der Waals surface area contributed by atoms with E-state index in [9.17, 15) is 10.2 Å².